The van der Waals surface area contributed by atoms with E-state index in [0.717, 1.165) is 5.56 Å². The summed E-state index contributed by atoms with van der Waals surface area (Å²) < 4.78 is 14.0. The van der Waals surface area contributed by atoms with Gasteiger partial charge in [0.05, 0.1) is 23.9 Å². The molecular weight excluding hydrogens is 365 g/mol. The number of anilines is 1. The van der Waals surface area contributed by atoms with Gasteiger partial charge in [-0.1, -0.05) is 12.1 Å². The third-order valence-electron chi connectivity index (χ3n) is 4.93. The van der Waals surface area contributed by atoms with Gasteiger partial charge in [0.2, 0.25) is 5.91 Å². The summed E-state index contributed by atoms with van der Waals surface area (Å²) in [6.45, 7) is 2.12. The maximum absolute atomic E-state index is 14.0. The molecule has 0 radical (unpaired) electrons. The van der Waals surface area contributed by atoms with E-state index in [1.54, 1.807) is 29.2 Å². The maximum Gasteiger partial charge on any atom is 0.268 e. The first kappa shape index (κ1) is 17.6. The Balaban J connectivity index is 1.82. The van der Waals surface area contributed by atoms with Gasteiger partial charge in [0.25, 0.3) is 5.91 Å². The minimum absolute atomic E-state index is 0.211. The van der Waals surface area contributed by atoms with Gasteiger partial charge in [-0.2, -0.15) is 5.26 Å². The molecule has 0 N–H and O–H groups in total. The van der Waals surface area contributed by atoms with Crippen molar-refractivity contribution < 1.29 is 14.0 Å². The molecule has 7 heteroatoms. The fourth-order valence-electron chi connectivity index (χ4n) is 3.80. The number of rotatable bonds is 2. The Hall–Kier alpha value is -2.85. The SMILES string of the molecule is CC(=O)N1CCSC12C(=O)N(Cc1cccc(C#N)c1)c1ccc(F)cc12. The summed E-state index contributed by atoms with van der Waals surface area (Å²) in [6, 6.07) is 13.4. The molecule has 2 amide bonds. The van der Waals surface area contributed by atoms with Crippen LogP contribution in [-0.2, 0) is 21.0 Å². The molecule has 5 nitrogen and oxygen atoms in total. The van der Waals surface area contributed by atoms with E-state index in [4.69, 9.17) is 5.26 Å². The lowest BCUT2D eigenvalue weighted by atomic mass is 10.1. The molecule has 0 bridgehead atoms. The lowest BCUT2D eigenvalue weighted by Gasteiger charge is -2.32. The third kappa shape index (κ3) is 2.60. The number of nitriles is 1. The van der Waals surface area contributed by atoms with Crippen molar-refractivity contribution in [2.45, 2.75) is 18.3 Å². The molecule has 0 aromatic heterocycles. The fourth-order valence-corrected chi connectivity index (χ4v) is 5.30. The highest BCUT2D eigenvalue weighted by atomic mass is 32.2. The molecule has 1 unspecified atom stereocenters. The van der Waals surface area contributed by atoms with Crippen LogP contribution in [0, 0.1) is 17.1 Å². The topological polar surface area (TPSA) is 64.4 Å². The second-order valence-electron chi connectivity index (χ2n) is 6.53. The zero-order valence-electron chi connectivity index (χ0n) is 14.6. The second kappa shape index (κ2) is 6.39. The largest absolute Gasteiger partial charge is 0.315 e. The Morgan fingerprint density at radius 2 is 2.15 bits per heavy atom. The number of carbonyl (C=O) groups excluding carboxylic acids is 2. The van der Waals surface area contributed by atoms with Gasteiger partial charge >= 0.3 is 0 Å². The van der Waals surface area contributed by atoms with Crippen molar-refractivity contribution in [3.05, 3.63) is 65.0 Å². The van der Waals surface area contributed by atoms with E-state index in [1.165, 1.54) is 35.7 Å². The Morgan fingerprint density at radius 1 is 1.33 bits per heavy atom. The van der Waals surface area contributed by atoms with Crippen molar-refractivity contribution >= 4 is 29.3 Å². The first-order chi connectivity index (χ1) is 13.0. The lowest BCUT2D eigenvalue weighted by Crippen LogP contribution is -2.49. The molecule has 0 aliphatic carbocycles. The second-order valence-corrected chi connectivity index (χ2v) is 7.82. The number of nitrogens with zero attached hydrogens (tertiary/aromatic N) is 3. The number of amides is 2. The molecule has 2 aliphatic heterocycles. The molecular formula is C20H16FN3O2S. The fraction of sp³-hybridized carbons (Fsp3) is 0.250. The van der Waals surface area contributed by atoms with Crippen molar-refractivity contribution in [2.24, 2.45) is 0 Å². The van der Waals surface area contributed by atoms with Crippen molar-refractivity contribution in [3.8, 4) is 6.07 Å². The van der Waals surface area contributed by atoms with Crippen LogP contribution in [0.3, 0.4) is 0 Å². The molecule has 1 spiro atoms. The monoisotopic (exact) mass is 381 g/mol. The average molecular weight is 381 g/mol. The van der Waals surface area contributed by atoms with Gasteiger partial charge in [0.1, 0.15) is 5.82 Å². The van der Waals surface area contributed by atoms with E-state index in [9.17, 15) is 14.0 Å². The number of benzene rings is 2. The number of halogens is 1. The summed E-state index contributed by atoms with van der Waals surface area (Å²) in [5, 5.41) is 9.11. The molecule has 136 valence electrons. The first-order valence-corrected chi connectivity index (χ1v) is 9.49. The van der Waals surface area contributed by atoms with Crippen LogP contribution in [-0.4, -0.2) is 29.0 Å². The zero-order chi connectivity index (χ0) is 19.2. The highest BCUT2D eigenvalue weighted by Gasteiger charge is 2.58. The Morgan fingerprint density at radius 3 is 2.89 bits per heavy atom. The summed E-state index contributed by atoms with van der Waals surface area (Å²) in [6.07, 6.45) is 0. The van der Waals surface area contributed by atoms with Crippen LogP contribution in [0.25, 0.3) is 0 Å². The van der Waals surface area contributed by atoms with Crippen LogP contribution in [0.15, 0.2) is 42.5 Å². The molecule has 1 atom stereocenters. The molecule has 2 aromatic carbocycles. The number of carbonyl (C=O) groups is 2. The van der Waals surface area contributed by atoms with Crippen LogP contribution in [0.4, 0.5) is 10.1 Å². The van der Waals surface area contributed by atoms with E-state index in [2.05, 4.69) is 6.07 Å². The number of hydrogen-bond acceptors (Lipinski definition) is 4. The van der Waals surface area contributed by atoms with Crippen LogP contribution in [0.2, 0.25) is 0 Å². The van der Waals surface area contributed by atoms with Crippen molar-refractivity contribution in [1.29, 1.82) is 5.26 Å². The van der Waals surface area contributed by atoms with E-state index in [1.807, 2.05) is 6.07 Å². The number of fused-ring (bicyclic) bond motifs is 2. The van der Waals surface area contributed by atoms with Gasteiger partial charge in [-0.25, -0.2) is 4.39 Å². The molecule has 27 heavy (non-hydrogen) atoms. The predicted molar refractivity (Wildman–Crippen MR) is 100 cm³/mol. The summed E-state index contributed by atoms with van der Waals surface area (Å²) in [7, 11) is 0. The van der Waals surface area contributed by atoms with Crippen LogP contribution < -0.4 is 4.90 Å². The average Bonchev–Trinajstić information content (AvgIpc) is 3.20. The van der Waals surface area contributed by atoms with E-state index in [0.29, 0.717) is 29.1 Å². The quantitative estimate of drug-likeness (QED) is 0.802. The summed E-state index contributed by atoms with van der Waals surface area (Å²) in [5.41, 5.74) is 2.42. The molecule has 4 rings (SSSR count). The minimum Gasteiger partial charge on any atom is -0.315 e. The van der Waals surface area contributed by atoms with E-state index < -0.39 is 10.7 Å². The van der Waals surface area contributed by atoms with Gasteiger partial charge in [-0.3, -0.25) is 9.59 Å². The van der Waals surface area contributed by atoms with Gasteiger partial charge in [-0.05, 0) is 35.9 Å². The van der Waals surface area contributed by atoms with Gasteiger partial charge in [0.15, 0.2) is 4.87 Å². The van der Waals surface area contributed by atoms with Gasteiger partial charge in [0, 0.05) is 24.8 Å². The molecule has 0 saturated carbocycles. The highest BCUT2D eigenvalue weighted by Crippen LogP contribution is 2.54. The van der Waals surface area contributed by atoms with Crippen LogP contribution in [0.1, 0.15) is 23.6 Å². The minimum atomic E-state index is -1.21. The summed E-state index contributed by atoms with van der Waals surface area (Å²) in [4.78, 5) is 27.6. The van der Waals surface area contributed by atoms with Crippen LogP contribution >= 0.6 is 11.8 Å². The first-order valence-electron chi connectivity index (χ1n) is 8.50. The standard InChI is InChI=1S/C20H16FN3O2S/c1-13(25)24-7-8-27-20(24)17-10-16(21)5-6-18(17)23(19(20)26)12-15-4-2-3-14(9-15)11-22/h2-6,9-10H,7-8,12H2,1H3. The molecule has 1 fully saturated rings. The summed E-state index contributed by atoms with van der Waals surface area (Å²) in [5.74, 6) is -0.288. The maximum atomic E-state index is 14.0. The van der Waals surface area contributed by atoms with Crippen LogP contribution in [0.5, 0.6) is 0 Å². The van der Waals surface area contributed by atoms with E-state index in [-0.39, 0.29) is 18.4 Å². The number of thioether (sulfide) groups is 1. The van der Waals surface area contributed by atoms with E-state index >= 15 is 0 Å². The molecule has 2 aromatic rings. The Bertz CT molecular complexity index is 1000. The van der Waals surface area contributed by atoms with Crippen molar-refractivity contribution in [3.63, 3.8) is 0 Å². The molecule has 2 aliphatic rings. The normalized spacial score (nSPS) is 20.9. The van der Waals surface area contributed by atoms with Gasteiger partial charge < -0.3 is 9.80 Å². The Kier molecular flexibility index (Phi) is 4.16. The number of hydrogen-bond donors (Lipinski definition) is 0. The highest BCUT2D eigenvalue weighted by molar-refractivity contribution is 8.01. The Labute approximate surface area is 160 Å². The third-order valence-corrected chi connectivity index (χ3v) is 6.35. The molecule has 2 heterocycles. The lowest BCUT2D eigenvalue weighted by molar-refractivity contribution is -0.138. The van der Waals surface area contributed by atoms with Gasteiger partial charge in [-0.15, -0.1) is 11.8 Å². The van der Waals surface area contributed by atoms with Crippen molar-refractivity contribution in [1.82, 2.24) is 4.90 Å². The predicted octanol–water partition coefficient (Wildman–Crippen LogP) is 2.99. The zero-order valence-corrected chi connectivity index (χ0v) is 15.4. The smallest absolute Gasteiger partial charge is 0.268 e. The molecule has 1 saturated heterocycles. The van der Waals surface area contributed by atoms with Crippen molar-refractivity contribution in [2.75, 3.05) is 17.2 Å². The summed E-state index contributed by atoms with van der Waals surface area (Å²) >= 11 is 1.37.